The van der Waals surface area contributed by atoms with Crippen LogP contribution in [0.4, 0.5) is 11.4 Å². The minimum absolute atomic E-state index is 0.00933. The number of nitrogens with one attached hydrogen (secondary N) is 1. The normalized spacial score (nSPS) is 16.9. The maximum atomic E-state index is 11.8. The number of nitrogens with zero attached hydrogens (tertiary/aromatic N) is 1. The van der Waals surface area contributed by atoms with Crippen molar-refractivity contribution in [2.45, 2.75) is 23.8 Å². The minimum Gasteiger partial charge on any atom is -0.381 e. The number of hydrogen-bond acceptors (Lipinski definition) is 6. The first kappa shape index (κ1) is 15.1. The lowest BCUT2D eigenvalue weighted by Crippen LogP contribution is -2.25. The molecule has 0 aliphatic carbocycles. The predicted octanol–water partition coefficient (Wildman–Crippen LogP) is 2.31. The minimum atomic E-state index is -3.51. The van der Waals surface area contributed by atoms with Gasteiger partial charge in [0.1, 0.15) is 0 Å². The molecular formula is C12H16N2O4S2. The maximum Gasteiger partial charge on any atom is 0.270 e. The molecular weight excluding hydrogens is 300 g/mol. The predicted molar refractivity (Wildman–Crippen MR) is 80.2 cm³/mol. The molecule has 0 radical (unpaired) electrons. The van der Waals surface area contributed by atoms with Crippen LogP contribution in [0.15, 0.2) is 23.1 Å². The number of thioether (sulfide) groups is 1. The summed E-state index contributed by atoms with van der Waals surface area (Å²) in [4.78, 5) is 10.2. The molecule has 0 spiro atoms. The highest BCUT2D eigenvalue weighted by Crippen LogP contribution is 2.29. The van der Waals surface area contributed by atoms with Crippen molar-refractivity contribution in [3.05, 3.63) is 28.3 Å². The number of hydrogen-bond donors (Lipinski definition) is 1. The molecule has 0 bridgehead atoms. The molecule has 0 unspecified atom stereocenters. The van der Waals surface area contributed by atoms with Gasteiger partial charge in [0.15, 0.2) is 9.84 Å². The van der Waals surface area contributed by atoms with Gasteiger partial charge in [-0.2, -0.15) is 11.8 Å². The summed E-state index contributed by atoms with van der Waals surface area (Å²) in [5.74, 6) is 2.08. The topological polar surface area (TPSA) is 89.3 Å². The summed E-state index contributed by atoms with van der Waals surface area (Å²) in [5.41, 5.74) is 0.241. The Bertz CT molecular complexity index is 610. The fourth-order valence-corrected chi connectivity index (χ4v) is 4.08. The third-order valence-electron chi connectivity index (χ3n) is 3.16. The fraction of sp³-hybridized carbons (Fsp3) is 0.500. The molecule has 1 aromatic carbocycles. The number of anilines is 1. The van der Waals surface area contributed by atoms with Crippen molar-refractivity contribution in [3.63, 3.8) is 0 Å². The van der Waals surface area contributed by atoms with Crippen molar-refractivity contribution in [1.29, 1.82) is 0 Å². The number of nitro groups is 1. The first-order valence-corrected chi connectivity index (χ1v) is 9.25. The van der Waals surface area contributed by atoms with Gasteiger partial charge in [0.2, 0.25) is 0 Å². The van der Waals surface area contributed by atoms with Gasteiger partial charge in [0.05, 0.1) is 15.5 Å². The second-order valence-electron chi connectivity index (χ2n) is 4.74. The van der Waals surface area contributed by atoms with Crippen LogP contribution in [0.3, 0.4) is 0 Å². The van der Waals surface area contributed by atoms with Gasteiger partial charge in [-0.05, 0) is 30.4 Å². The van der Waals surface area contributed by atoms with E-state index in [0.717, 1.165) is 36.7 Å². The second-order valence-corrected chi connectivity index (χ2v) is 7.95. The lowest BCUT2D eigenvalue weighted by Gasteiger charge is -2.24. The van der Waals surface area contributed by atoms with Crippen LogP contribution in [-0.2, 0) is 9.84 Å². The third kappa shape index (κ3) is 3.63. The summed E-state index contributed by atoms with van der Waals surface area (Å²) in [6, 6.07) is 4.15. The summed E-state index contributed by atoms with van der Waals surface area (Å²) in [6.07, 6.45) is 2.99. The largest absolute Gasteiger partial charge is 0.381 e. The Morgan fingerprint density at radius 1 is 1.35 bits per heavy atom. The van der Waals surface area contributed by atoms with E-state index in [1.807, 2.05) is 11.8 Å². The number of sulfone groups is 1. The van der Waals surface area contributed by atoms with Crippen LogP contribution in [0.1, 0.15) is 12.8 Å². The molecule has 1 saturated heterocycles. The Balaban J connectivity index is 2.33. The zero-order chi connectivity index (χ0) is 14.8. The Morgan fingerprint density at radius 3 is 2.55 bits per heavy atom. The SMILES string of the molecule is CS(=O)(=O)c1cc([N+](=O)[O-])ccc1NC1CCSCC1. The van der Waals surface area contributed by atoms with Gasteiger partial charge in [-0.3, -0.25) is 10.1 Å². The Hall–Kier alpha value is -1.28. The molecule has 1 fully saturated rings. The van der Waals surface area contributed by atoms with Crippen LogP contribution >= 0.6 is 11.8 Å². The van der Waals surface area contributed by atoms with Crippen LogP contribution < -0.4 is 5.32 Å². The molecule has 1 N–H and O–H groups in total. The van der Waals surface area contributed by atoms with Gasteiger partial charge in [-0.1, -0.05) is 0 Å². The van der Waals surface area contributed by atoms with Crippen LogP contribution in [0, 0.1) is 10.1 Å². The molecule has 0 saturated carbocycles. The van der Waals surface area contributed by atoms with E-state index in [4.69, 9.17) is 0 Å². The Kier molecular flexibility index (Phi) is 4.54. The van der Waals surface area contributed by atoms with Crippen molar-refractivity contribution < 1.29 is 13.3 Å². The molecule has 20 heavy (non-hydrogen) atoms. The summed E-state index contributed by atoms with van der Waals surface area (Å²) >= 11 is 1.88. The quantitative estimate of drug-likeness (QED) is 0.677. The highest BCUT2D eigenvalue weighted by Gasteiger charge is 2.21. The van der Waals surface area contributed by atoms with Gasteiger partial charge in [0.25, 0.3) is 5.69 Å². The third-order valence-corrected chi connectivity index (χ3v) is 5.34. The maximum absolute atomic E-state index is 11.8. The fourth-order valence-electron chi connectivity index (χ4n) is 2.11. The smallest absolute Gasteiger partial charge is 0.270 e. The molecule has 0 amide bonds. The van der Waals surface area contributed by atoms with Gasteiger partial charge in [-0.25, -0.2) is 8.42 Å². The van der Waals surface area contributed by atoms with E-state index in [1.165, 1.54) is 12.1 Å². The van der Waals surface area contributed by atoms with E-state index in [-0.39, 0.29) is 16.6 Å². The number of benzene rings is 1. The van der Waals surface area contributed by atoms with Crippen LogP contribution in [0.5, 0.6) is 0 Å². The Morgan fingerprint density at radius 2 is 2.00 bits per heavy atom. The van der Waals surface area contributed by atoms with E-state index in [9.17, 15) is 18.5 Å². The van der Waals surface area contributed by atoms with Crippen LogP contribution in [0.2, 0.25) is 0 Å². The lowest BCUT2D eigenvalue weighted by molar-refractivity contribution is -0.385. The summed E-state index contributed by atoms with van der Waals surface area (Å²) in [5, 5.41) is 14.0. The van der Waals surface area contributed by atoms with Crippen molar-refractivity contribution in [1.82, 2.24) is 0 Å². The second kappa shape index (κ2) is 6.01. The molecule has 8 heteroatoms. The summed E-state index contributed by atoms with van der Waals surface area (Å²) < 4.78 is 23.6. The monoisotopic (exact) mass is 316 g/mol. The highest BCUT2D eigenvalue weighted by molar-refractivity contribution is 7.99. The van der Waals surface area contributed by atoms with Gasteiger partial charge >= 0.3 is 0 Å². The first-order valence-electron chi connectivity index (χ1n) is 6.21. The molecule has 1 heterocycles. The summed E-state index contributed by atoms with van der Waals surface area (Å²) in [6.45, 7) is 0. The average molecular weight is 316 g/mol. The van der Waals surface area contributed by atoms with Gasteiger partial charge in [-0.15, -0.1) is 0 Å². The van der Waals surface area contributed by atoms with Crippen molar-refractivity contribution in [2.24, 2.45) is 0 Å². The van der Waals surface area contributed by atoms with Crippen molar-refractivity contribution >= 4 is 33.0 Å². The number of non-ortho nitro benzene ring substituents is 1. The summed E-state index contributed by atoms with van der Waals surface area (Å²) in [7, 11) is -3.51. The number of rotatable bonds is 4. The van der Waals surface area contributed by atoms with Crippen molar-refractivity contribution in [3.8, 4) is 0 Å². The van der Waals surface area contributed by atoms with E-state index < -0.39 is 14.8 Å². The average Bonchev–Trinajstić information content (AvgIpc) is 2.39. The Labute approximate surface area is 122 Å². The highest BCUT2D eigenvalue weighted by atomic mass is 32.2. The van der Waals surface area contributed by atoms with Gasteiger partial charge < -0.3 is 5.32 Å². The molecule has 0 atom stereocenters. The molecule has 0 aromatic heterocycles. The van der Waals surface area contributed by atoms with Crippen LogP contribution in [0.25, 0.3) is 0 Å². The molecule has 1 aliphatic heterocycles. The van der Waals surface area contributed by atoms with E-state index >= 15 is 0 Å². The molecule has 2 rings (SSSR count). The van der Waals surface area contributed by atoms with E-state index in [1.54, 1.807) is 0 Å². The molecule has 1 aromatic rings. The van der Waals surface area contributed by atoms with E-state index in [0.29, 0.717) is 5.69 Å². The number of nitro benzene ring substituents is 1. The van der Waals surface area contributed by atoms with E-state index in [2.05, 4.69) is 5.32 Å². The van der Waals surface area contributed by atoms with Gasteiger partial charge in [0, 0.05) is 24.4 Å². The molecule has 1 aliphatic rings. The zero-order valence-electron chi connectivity index (χ0n) is 11.0. The zero-order valence-corrected chi connectivity index (χ0v) is 12.7. The molecule has 110 valence electrons. The van der Waals surface area contributed by atoms with Crippen LogP contribution in [-0.4, -0.2) is 37.1 Å². The lowest BCUT2D eigenvalue weighted by atomic mass is 10.1. The first-order chi connectivity index (χ1) is 9.38. The molecule has 6 nitrogen and oxygen atoms in total. The van der Waals surface area contributed by atoms with Crippen molar-refractivity contribution in [2.75, 3.05) is 23.1 Å². The standard InChI is InChI=1S/C12H16N2O4S2/c1-20(17,18)12-8-10(14(15)16)2-3-11(12)13-9-4-6-19-7-5-9/h2-3,8-9,13H,4-7H2,1H3.